The van der Waals surface area contributed by atoms with Crippen LogP contribution in [0.4, 0.5) is 0 Å². The van der Waals surface area contributed by atoms with Crippen LogP contribution in [-0.2, 0) is 16.0 Å². The van der Waals surface area contributed by atoms with Gasteiger partial charge in [-0.15, -0.1) is 0 Å². The fourth-order valence-corrected chi connectivity index (χ4v) is 4.68. The Labute approximate surface area is 172 Å². The van der Waals surface area contributed by atoms with Gasteiger partial charge in [0, 0.05) is 43.3 Å². The maximum absolute atomic E-state index is 13.0. The summed E-state index contributed by atoms with van der Waals surface area (Å²) < 4.78 is 0. The molecule has 0 N–H and O–H groups in total. The van der Waals surface area contributed by atoms with Crippen molar-refractivity contribution in [1.29, 1.82) is 0 Å². The molecule has 152 valence electrons. The highest BCUT2D eigenvalue weighted by Gasteiger charge is 2.38. The maximum atomic E-state index is 13.0. The summed E-state index contributed by atoms with van der Waals surface area (Å²) in [4.78, 5) is 31.9. The first kappa shape index (κ1) is 19.7. The molecule has 2 aliphatic carbocycles. The summed E-state index contributed by atoms with van der Waals surface area (Å²) in [7, 11) is 0. The smallest absolute Gasteiger partial charge is 0.237 e. The minimum Gasteiger partial charge on any atom is -0.340 e. The van der Waals surface area contributed by atoms with Crippen LogP contribution < -0.4 is 0 Å². The van der Waals surface area contributed by atoms with Crippen molar-refractivity contribution < 1.29 is 9.59 Å². The summed E-state index contributed by atoms with van der Waals surface area (Å²) in [6, 6.07) is 8.43. The molecule has 2 saturated carbocycles. The zero-order valence-electron chi connectivity index (χ0n) is 16.5. The highest BCUT2D eigenvalue weighted by atomic mass is 35.5. The normalized spacial score (nSPS) is 21.1. The first-order valence-corrected chi connectivity index (χ1v) is 11.0. The Kier molecular flexibility index (Phi) is 6.22. The molecule has 4 rings (SSSR count). The van der Waals surface area contributed by atoms with Gasteiger partial charge in [-0.05, 0) is 43.4 Å². The Morgan fingerprint density at radius 2 is 1.54 bits per heavy atom. The van der Waals surface area contributed by atoms with Crippen LogP contribution in [-0.4, -0.2) is 71.3 Å². The van der Waals surface area contributed by atoms with Crippen molar-refractivity contribution in [2.45, 2.75) is 57.0 Å². The molecule has 0 bridgehead atoms. The molecule has 3 aliphatic rings. The zero-order valence-corrected chi connectivity index (χ0v) is 17.2. The lowest BCUT2D eigenvalue weighted by Gasteiger charge is -2.36. The van der Waals surface area contributed by atoms with E-state index in [0.29, 0.717) is 49.1 Å². The molecule has 1 aliphatic heterocycles. The molecule has 1 heterocycles. The van der Waals surface area contributed by atoms with Gasteiger partial charge in [-0.1, -0.05) is 36.6 Å². The predicted octanol–water partition coefficient (Wildman–Crippen LogP) is 2.96. The molecule has 6 heteroatoms. The number of carbonyl (C=O) groups excluding carboxylic acids is 2. The van der Waals surface area contributed by atoms with Crippen molar-refractivity contribution in [1.82, 2.24) is 14.7 Å². The summed E-state index contributed by atoms with van der Waals surface area (Å²) in [5, 5.41) is 0.687. The van der Waals surface area contributed by atoms with Gasteiger partial charge >= 0.3 is 0 Å². The van der Waals surface area contributed by atoms with Crippen molar-refractivity contribution in [3.8, 4) is 0 Å². The second kappa shape index (κ2) is 8.83. The molecule has 0 unspecified atom stereocenters. The van der Waals surface area contributed by atoms with Crippen LogP contribution in [0.25, 0.3) is 0 Å². The van der Waals surface area contributed by atoms with Crippen LogP contribution in [0, 0.1) is 0 Å². The fourth-order valence-electron chi connectivity index (χ4n) is 4.56. The van der Waals surface area contributed by atoms with Gasteiger partial charge in [0.2, 0.25) is 11.8 Å². The second-order valence-electron chi connectivity index (χ2n) is 8.43. The first-order valence-electron chi connectivity index (χ1n) is 10.7. The Morgan fingerprint density at radius 1 is 0.929 bits per heavy atom. The molecule has 0 spiro atoms. The van der Waals surface area contributed by atoms with Gasteiger partial charge in [0.05, 0.1) is 13.0 Å². The third-order valence-corrected chi connectivity index (χ3v) is 6.55. The number of amides is 2. The van der Waals surface area contributed by atoms with Gasteiger partial charge in [0.15, 0.2) is 0 Å². The second-order valence-corrected chi connectivity index (χ2v) is 8.87. The van der Waals surface area contributed by atoms with Crippen LogP contribution in [0.2, 0.25) is 5.02 Å². The number of rotatable bonds is 6. The molecule has 5 nitrogen and oxygen atoms in total. The molecule has 1 saturated heterocycles. The predicted molar refractivity (Wildman–Crippen MR) is 110 cm³/mol. The van der Waals surface area contributed by atoms with E-state index in [1.165, 1.54) is 38.5 Å². The molecular weight excluding hydrogens is 374 g/mol. The van der Waals surface area contributed by atoms with Gasteiger partial charge in [-0.3, -0.25) is 14.5 Å². The third kappa shape index (κ3) is 4.87. The summed E-state index contributed by atoms with van der Waals surface area (Å²) in [5.74, 6) is 0.453. The van der Waals surface area contributed by atoms with E-state index in [1.807, 2.05) is 29.2 Å². The van der Waals surface area contributed by atoms with E-state index in [4.69, 9.17) is 11.6 Å². The SMILES string of the molecule is O=C(Cc1ccc(Cl)cc1)N1CCN(CC(=O)N(C2CCCC2)C2CC2)CC1. The van der Waals surface area contributed by atoms with Crippen LogP contribution in [0.15, 0.2) is 24.3 Å². The van der Waals surface area contributed by atoms with Gasteiger partial charge in [0.25, 0.3) is 0 Å². The number of hydrogen-bond donors (Lipinski definition) is 0. The van der Waals surface area contributed by atoms with Gasteiger partial charge in [-0.25, -0.2) is 0 Å². The van der Waals surface area contributed by atoms with E-state index in [2.05, 4.69) is 9.80 Å². The molecule has 3 fully saturated rings. The van der Waals surface area contributed by atoms with E-state index >= 15 is 0 Å². The number of carbonyl (C=O) groups is 2. The lowest BCUT2D eigenvalue weighted by molar-refractivity contribution is -0.136. The third-order valence-electron chi connectivity index (χ3n) is 6.30. The lowest BCUT2D eigenvalue weighted by Crippen LogP contribution is -2.53. The van der Waals surface area contributed by atoms with Gasteiger partial charge in [-0.2, -0.15) is 0 Å². The Bertz CT molecular complexity index is 690. The monoisotopic (exact) mass is 403 g/mol. The van der Waals surface area contributed by atoms with Crippen molar-refractivity contribution in [2.75, 3.05) is 32.7 Å². The van der Waals surface area contributed by atoms with Crippen LogP contribution in [0.1, 0.15) is 44.1 Å². The minimum absolute atomic E-state index is 0.152. The van der Waals surface area contributed by atoms with Crippen LogP contribution in [0.5, 0.6) is 0 Å². The first-order chi connectivity index (χ1) is 13.6. The average Bonchev–Trinajstić information content (AvgIpc) is 3.37. The van der Waals surface area contributed by atoms with E-state index in [0.717, 1.165) is 18.7 Å². The Balaban J connectivity index is 1.25. The fraction of sp³-hybridized carbons (Fsp3) is 0.636. The molecule has 0 aromatic heterocycles. The van der Waals surface area contributed by atoms with Crippen molar-refractivity contribution in [2.24, 2.45) is 0 Å². The average molecular weight is 404 g/mol. The zero-order chi connectivity index (χ0) is 19.5. The van der Waals surface area contributed by atoms with Crippen LogP contribution in [0.3, 0.4) is 0 Å². The summed E-state index contributed by atoms with van der Waals surface area (Å²) in [6.45, 7) is 3.47. The summed E-state index contributed by atoms with van der Waals surface area (Å²) >= 11 is 5.91. The van der Waals surface area contributed by atoms with E-state index in [1.54, 1.807) is 0 Å². The number of nitrogens with zero attached hydrogens (tertiary/aromatic N) is 3. The summed E-state index contributed by atoms with van der Waals surface area (Å²) in [5.41, 5.74) is 0.989. The van der Waals surface area contributed by atoms with Gasteiger partial charge in [0.1, 0.15) is 0 Å². The molecule has 0 atom stereocenters. The van der Waals surface area contributed by atoms with Crippen LogP contribution >= 0.6 is 11.6 Å². The highest BCUT2D eigenvalue weighted by molar-refractivity contribution is 6.30. The number of halogens is 1. The quantitative estimate of drug-likeness (QED) is 0.733. The number of hydrogen-bond acceptors (Lipinski definition) is 3. The minimum atomic E-state index is 0.152. The molecule has 2 amide bonds. The molecule has 1 aromatic rings. The van der Waals surface area contributed by atoms with Crippen molar-refractivity contribution >= 4 is 23.4 Å². The highest BCUT2D eigenvalue weighted by Crippen LogP contribution is 2.34. The number of benzene rings is 1. The van der Waals surface area contributed by atoms with Crippen molar-refractivity contribution in [3.05, 3.63) is 34.9 Å². The number of piperazine rings is 1. The molecular formula is C22H30ClN3O2. The molecule has 28 heavy (non-hydrogen) atoms. The van der Waals surface area contributed by atoms with Crippen molar-refractivity contribution in [3.63, 3.8) is 0 Å². The largest absolute Gasteiger partial charge is 0.340 e. The topological polar surface area (TPSA) is 43.9 Å². The Morgan fingerprint density at radius 3 is 2.14 bits per heavy atom. The Hall–Kier alpha value is -1.59. The van der Waals surface area contributed by atoms with E-state index in [9.17, 15) is 9.59 Å². The molecule has 0 radical (unpaired) electrons. The van der Waals surface area contributed by atoms with E-state index < -0.39 is 0 Å². The van der Waals surface area contributed by atoms with E-state index in [-0.39, 0.29) is 5.91 Å². The standard InChI is InChI=1S/C22H30ClN3O2/c23-18-7-5-17(6-8-18)15-21(27)25-13-11-24(12-14-25)16-22(28)26(20-9-10-20)19-3-1-2-4-19/h5-8,19-20H,1-4,9-16H2. The molecule has 1 aromatic carbocycles. The lowest BCUT2D eigenvalue weighted by atomic mass is 10.1. The maximum Gasteiger partial charge on any atom is 0.237 e. The summed E-state index contributed by atoms with van der Waals surface area (Å²) in [6.07, 6.45) is 7.63. The van der Waals surface area contributed by atoms with Gasteiger partial charge < -0.3 is 9.80 Å².